The molecule has 11 heteroatoms. The highest BCUT2D eigenvalue weighted by Gasteiger charge is 2.63. The molecule has 1 aromatic carbocycles. The number of nitrogens with one attached hydrogen (secondary N) is 1. The third-order valence-corrected chi connectivity index (χ3v) is 8.05. The summed E-state index contributed by atoms with van der Waals surface area (Å²) >= 11 is 0. The van der Waals surface area contributed by atoms with Gasteiger partial charge in [0, 0.05) is 23.6 Å². The van der Waals surface area contributed by atoms with Gasteiger partial charge in [-0.3, -0.25) is 24.1 Å². The molecule has 1 aromatic rings. The van der Waals surface area contributed by atoms with Crippen LogP contribution in [0.2, 0.25) is 0 Å². The number of hydrogen-bond acceptors (Lipinski definition) is 9. The number of likely N-dealkylation sites (N-methyl/N-ethyl adjacent to an activating group) is 1. The Hall–Kier alpha value is -4.48. The first-order valence-corrected chi connectivity index (χ1v) is 13.0. The van der Waals surface area contributed by atoms with Crippen LogP contribution in [0.15, 0.2) is 71.3 Å². The lowest BCUT2D eigenvalue weighted by Gasteiger charge is -2.50. The van der Waals surface area contributed by atoms with E-state index in [4.69, 9.17) is 5.73 Å². The van der Waals surface area contributed by atoms with Crippen LogP contribution in [0.5, 0.6) is 5.75 Å². The van der Waals surface area contributed by atoms with Crippen LogP contribution in [-0.4, -0.2) is 74.4 Å². The third kappa shape index (κ3) is 4.56. The fraction of sp³-hybridized carbons (Fsp3) is 0.333. The molecule has 0 spiro atoms. The summed E-state index contributed by atoms with van der Waals surface area (Å²) in [6.45, 7) is 5.40. The molecule has 0 heterocycles. The second-order valence-electron chi connectivity index (χ2n) is 10.6. The molecule has 0 aromatic heterocycles. The number of fused-ring (bicyclic) bond motifs is 3. The van der Waals surface area contributed by atoms with Gasteiger partial charge in [0.2, 0.25) is 5.78 Å². The Labute approximate surface area is 236 Å². The Balaban J connectivity index is 1.80. The molecule has 0 bridgehead atoms. The monoisotopic (exact) mass is 563 g/mol. The highest BCUT2D eigenvalue weighted by Crippen LogP contribution is 2.52. The van der Waals surface area contributed by atoms with Gasteiger partial charge < -0.3 is 31.5 Å². The molecule has 0 saturated heterocycles. The van der Waals surface area contributed by atoms with E-state index in [0.29, 0.717) is 16.7 Å². The molecule has 0 unspecified atom stereocenters. The molecule has 0 radical (unpaired) electrons. The molecule has 216 valence electrons. The van der Waals surface area contributed by atoms with Gasteiger partial charge in [-0.25, -0.2) is 0 Å². The molecular formula is C30H33N3O8. The quantitative estimate of drug-likeness (QED) is 0.162. The predicted molar refractivity (Wildman–Crippen MR) is 149 cm³/mol. The maximum absolute atomic E-state index is 13.8. The lowest BCUT2D eigenvalue weighted by atomic mass is 9.58. The van der Waals surface area contributed by atoms with Crippen LogP contribution in [0.4, 0.5) is 0 Å². The van der Waals surface area contributed by atoms with Crippen molar-refractivity contribution in [1.82, 2.24) is 10.2 Å². The van der Waals surface area contributed by atoms with Crippen molar-refractivity contribution in [3.8, 4) is 5.75 Å². The number of phenols is 1. The van der Waals surface area contributed by atoms with Crippen LogP contribution < -0.4 is 11.1 Å². The summed E-state index contributed by atoms with van der Waals surface area (Å²) in [5, 5.41) is 47.4. The normalized spacial score (nSPS) is 26.2. The molecule has 3 aliphatic rings. The minimum absolute atomic E-state index is 0.0240. The van der Waals surface area contributed by atoms with E-state index in [2.05, 4.69) is 11.9 Å². The number of carbonyl (C=O) groups is 4. The summed E-state index contributed by atoms with van der Waals surface area (Å²) in [5.41, 5.74) is 2.80. The van der Waals surface area contributed by atoms with E-state index in [0.717, 1.165) is 0 Å². The van der Waals surface area contributed by atoms with E-state index in [9.17, 15) is 39.6 Å². The van der Waals surface area contributed by atoms with Crippen molar-refractivity contribution in [2.45, 2.75) is 38.0 Å². The summed E-state index contributed by atoms with van der Waals surface area (Å²) < 4.78 is 0. The molecule has 0 fully saturated rings. The molecule has 0 saturated carbocycles. The number of allylic oxidation sites excluding steroid dienone is 4. The van der Waals surface area contributed by atoms with Crippen LogP contribution in [-0.2, 0) is 27.3 Å². The molecule has 4 rings (SSSR count). The van der Waals surface area contributed by atoms with Crippen LogP contribution in [0, 0.1) is 11.8 Å². The second kappa shape index (κ2) is 10.8. The Bertz CT molecular complexity index is 1500. The topological polar surface area (TPSA) is 190 Å². The SMILES string of the molecule is C=C/C=C(\C=C/C)C(=O)NCc1ccc(O)c2c1C[C@H]1C[C@H]3[C@H](N(C)C)C(O)=C(C(N)=O)C(=O)[C@@]3(O)C(O)=C1C2=O. The lowest BCUT2D eigenvalue weighted by Crippen LogP contribution is -2.63. The fourth-order valence-corrected chi connectivity index (χ4v) is 6.27. The number of nitrogens with zero attached hydrogens (tertiary/aromatic N) is 1. The van der Waals surface area contributed by atoms with Gasteiger partial charge in [0.15, 0.2) is 11.4 Å². The average molecular weight is 564 g/mol. The van der Waals surface area contributed by atoms with Crippen molar-refractivity contribution >= 4 is 23.4 Å². The van der Waals surface area contributed by atoms with Crippen molar-refractivity contribution in [2.24, 2.45) is 17.6 Å². The number of aliphatic hydroxyl groups is 3. The predicted octanol–water partition coefficient (Wildman–Crippen LogP) is 1.43. The molecule has 4 atom stereocenters. The summed E-state index contributed by atoms with van der Waals surface area (Å²) in [4.78, 5) is 53.5. The van der Waals surface area contributed by atoms with E-state index >= 15 is 0 Å². The standard InChI is InChI=1S/C30H33N3O8/c1-5-7-14(8-6-2)29(40)32-13-15-9-10-19(34)21-17(15)11-16-12-18-23(33(3)4)25(36)22(28(31)39)27(38)30(18,41)26(37)20(16)24(21)35/h5-10,16,18,23,34,36-37,41H,1,11-13H2,2-4H3,(H2,31,39)(H,32,40)/b8-6-,14-7+/t16-,18-,23-,30-/m0/s1. The number of hydrogen-bond donors (Lipinski definition) is 6. The van der Waals surface area contributed by atoms with Crippen LogP contribution in [0.1, 0.15) is 34.8 Å². The van der Waals surface area contributed by atoms with Crippen molar-refractivity contribution < 1.29 is 39.6 Å². The number of aliphatic hydroxyl groups excluding tert-OH is 2. The molecule has 2 amide bonds. The van der Waals surface area contributed by atoms with E-state index < -0.39 is 58.0 Å². The number of Topliss-reactive ketones (excluding diaryl/α,β-unsaturated/α-hetero) is 2. The highest BCUT2D eigenvalue weighted by molar-refractivity contribution is 6.24. The number of carbonyl (C=O) groups excluding carboxylic acids is 4. The number of benzene rings is 1. The van der Waals surface area contributed by atoms with Gasteiger partial charge >= 0.3 is 0 Å². The zero-order valence-electron chi connectivity index (χ0n) is 23.0. The Morgan fingerprint density at radius 1 is 1.22 bits per heavy atom. The summed E-state index contributed by atoms with van der Waals surface area (Å²) in [5.74, 6) is -7.51. The maximum Gasteiger partial charge on any atom is 0.255 e. The van der Waals surface area contributed by atoms with Gasteiger partial charge in [0.25, 0.3) is 11.8 Å². The first kappa shape index (κ1) is 29.5. The molecule has 7 N–H and O–H groups in total. The first-order chi connectivity index (χ1) is 19.3. The Morgan fingerprint density at radius 2 is 1.90 bits per heavy atom. The average Bonchev–Trinajstić information content (AvgIpc) is 2.89. The minimum atomic E-state index is -2.70. The van der Waals surface area contributed by atoms with E-state index in [1.807, 2.05) is 0 Å². The van der Waals surface area contributed by atoms with Gasteiger partial charge in [-0.05, 0) is 57.0 Å². The number of phenolic OH excluding ortho intramolecular Hbond substituents is 1. The third-order valence-electron chi connectivity index (χ3n) is 8.05. The zero-order valence-corrected chi connectivity index (χ0v) is 23.0. The number of rotatable bonds is 7. The van der Waals surface area contributed by atoms with Gasteiger partial charge in [-0.15, -0.1) is 0 Å². The highest BCUT2D eigenvalue weighted by atomic mass is 16.3. The van der Waals surface area contributed by atoms with Crippen molar-refractivity contribution in [1.29, 1.82) is 0 Å². The number of primary amides is 1. The van der Waals surface area contributed by atoms with E-state index in [-0.39, 0.29) is 42.2 Å². The molecule has 3 aliphatic carbocycles. The number of nitrogens with two attached hydrogens (primary N) is 1. The van der Waals surface area contributed by atoms with Gasteiger partial charge in [-0.1, -0.05) is 36.9 Å². The lowest BCUT2D eigenvalue weighted by molar-refractivity contribution is -0.148. The van der Waals surface area contributed by atoms with Crippen molar-refractivity contribution in [2.75, 3.05) is 14.1 Å². The number of aromatic hydroxyl groups is 1. The fourth-order valence-electron chi connectivity index (χ4n) is 6.27. The molecule has 41 heavy (non-hydrogen) atoms. The summed E-state index contributed by atoms with van der Waals surface area (Å²) in [6, 6.07) is 1.80. The minimum Gasteiger partial charge on any atom is -0.510 e. The summed E-state index contributed by atoms with van der Waals surface area (Å²) in [7, 11) is 3.13. The van der Waals surface area contributed by atoms with Crippen LogP contribution in [0.3, 0.4) is 0 Å². The smallest absolute Gasteiger partial charge is 0.255 e. The van der Waals surface area contributed by atoms with Gasteiger partial charge in [0.05, 0.1) is 11.6 Å². The van der Waals surface area contributed by atoms with Gasteiger partial charge in [0.1, 0.15) is 22.8 Å². The second-order valence-corrected chi connectivity index (χ2v) is 10.6. The van der Waals surface area contributed by atoms with E-state index in [1.54, 1.807) is 45.3 Å². The summed E-state index contributed by atoms with van der Waals surface area (Å²) in [6.07, 6.45) is 6.46. The number of amides is 2. The first-order valence-electron chi connectivity index (χ1n) is 13.0. The van der Waals surface area contributed by atoms with Gasteiger partial charge in [-0.2, -0.15) is 0 Å². The van der Waals surface area contributed by atoms with Crippen LogP contribution >= 0.6 is 0 Å². The van der Waals surface area contributed by atoms with Crippen molar-refractivity contribution in [3.63, 3.8) is 0 Å². The zero-order chi connectivity index (χ0) is 30.4. The Morgan fingerprint density at radius 3 is 2.49 bits per heavy atom. The number of ketones is 2. The largest absolute Gasteiger partial charge is 0.510 e. The van der Waals surface area contributed by atoms with Crippen molar-refractivity contribution in [3.05, 3.63) is 87.9 Å². The Kier molecular flexibility index (Phi) is 7.79. The molecular weight excluding hydrogens is 530 g/mol. The van der Waals surface area contributed by atoms with E-state index in [1.165, 1.54) is 17.0 Å². The molecule has 0 aliphatic heterocycles. The van der Waals surface area contributed by atoms with Crippen LogP contribution in [0.25, 0.3) is 0 Å². The maximum atomic E-state index is 13.8. The molecule has 11 nitrogen and oxygen atoms in total.